The van der Waals surface area contributed by atoms with E-state index in [9.17, 15) is 18.0 Å². The summed E-state index contributed by atoms with van der Waals surface area (Å²) in [6, 6.07) is 6.82. The predicted molar refractivity (Wildman–Crippen MR) is 136 cm³/mol. The molecule has 13 heteroatoms. The van der Waals surface area contributed by atoms with Gasteiger partial charge < -0.3 is 24.1 Å². The summed E-state index contributed by atoms with van der Waals surface area (Å²) >= 11 is 0. The van der Waals surface area contributed by atoms with Crippen LogP contribution in [-0.4, -0.2) is 50.8 Å². The number of benzene rings is 1. The van der Waals surface area contributed by atoms with E-state index < -0.39 is 23.6 Å². The third-order valence-corrected chi connectivity index (χ3v) is 6.58. The van der Waals surface area contributed by atoms with Crippen molar-refractivity contribution in [3.63, 3.8) is 0 Å². The summed E-state index contributed by atoms with van der Waals surface area (Å²) in [5.41, 5.74) is -0.434. The normalized spacial score (nSPS) is 19.2. The number of amidine groups is 1. The minimum Gasteiger partial charge on any atom is -0.482 e. The lowest BCUT2D eigenvalue weighted by Gasteiger charge is -2.36. The monoisotopic (exact) mass is 556 g/mol. The highest BCUT2D eigenvalue weighted by Gasteiger charge is 2.56. The number of nitrogens with zero attached hydrogens (tertiary/aromatic N) is 5. The number of ether oxygens (including phenoxy) is 3. The standard InChI is InChI=1S/C27H27F3N6O4/c1-4-39-25(37)21-24(38-3)34-22(18-11-31-15-32-12-18)35-26(21,19-9-10-19)40-14-16-5-7-17(8-6-16)23-33-20(13-36(23)2)27(28,29)30/h5-8,11-13,15,19H,4,9-10,14H2,1-3H3,(H,34,35). The summed E-state index contributed by atoms with van der Waals surface area (Å²) in [6.07, 6.45) is 2.51. The number of hydrogen-bond donors (Lipinski definition) is 1. The minimum absolute atomic E-state index is 0.0487. The van der Waals surface area contributed by atoms with Crippen LogP contribution in [0, 0.1) is 5.92 Å². The van der Waals surface area contributed by atoms with Gasteiger partial charge in [0.25, 0.3) is 0 Å². The lowest BCUT2D eigenvalue weighted by Crippen LogP contribution is -2.48. The summed E-state index contributed by atoms with van der Waals surface area (Å²) in [5.74, 6) is -0.0140. The van der Waals surface area contributed by atoms with Gasteiger partial charge in [0.2, 0.25) is 11.6 Å². The van der Waals surface area contributed by atoms with Gasteiger partial charge in [-0.05, 0) is 25.3 Å². The first-order valence-electron chi connectivity index (χ1n) is 12.6. The van der Waals surface area contributed by atoms with Gasteiger partial charge in [0, 0.05) is 37.1 Å². The maximum absolute atomic E-state index is 13.2. The number of esters is 1. The largest absolute Gasteiger partial charge is 0.482 e. The van der Waals surface area contributed by atoms with E-state index >= 15 is 0 Å². The van der Waals surface area contributed by atoms with E-state index in [0.29, 0.717) is 17.0 Å². The number of aliphatic imine (C=N–C) groups is 1. The summed E-state index contributed by atoms with van der Waals surface area (Å²) in [7, 11) is 2.94. The SMILES string of the molecule is CCOC(=O)C1=C(OC)NC(c2cncnc2)=NC1(OCc1ccc(-c2nc(C(F)(F)F)cn2C)cc1)C1CC1. The molecule has 0 amide bonds. The molecule has 0 spiro atoms. The number of halogens is 3. The average Bonchev–Trinajstić information content (AvgIpc) is 3.73. The molecule has 40 heavy (non-hydrogen) atoms. The van der Waals surface area contributed by atoms with Crippen molar-refractivity contribution in [3.8, 4) is 11.4 Å². The van der Waals surface area contributed by atoms with Crippen molar-refractivity contribution in [3.05, 3.63) is 77.5 Å². The van der Waals surface area contributed by atoms with E-state index in [4.69, 9.17) is 19.2 Å². The number of carbonyl (C=O) groups is 1. The van der Waals surface area contributed by atoms with Crippen LogP contribution in [-0.2, 0) is 38.8 Å². The third-order valence-electron chi connectivity index (χ3n) is 6.58. The van der Waals surface area contributed by atoms with Gasteiger partial charge in [-0.1, -0.05) is 24.3 Å². The molecule has 210 valence electrons. The van der Waals surface area contributed by atoms with Crippen LogP contribution in [0.15, 0.2) is 65.6 Å². The van der Waals surface area contributed by atoms with Gasteiger partial charge in [0.15, 0.2) is 11.3 Å². The maximum atomic E-state index is 13.2. The lowest BCUT2D eigenvalue weighted by atomic mass is 9.95. The summed E-state index contributed by atoms with van der Waals surface area (Å²) in [6.45, 7) is 1.90. The fourth-order valence-electron chi connectivity index (χ4n) is 4.54. The molecule has 5 rings (SSSR count). The second-order valence-corrected chi connectivity index (χ2v) is 9.36. The highest BCUT2D eigenvalue weighted by atomic mass is 19.4. The smallest absolute Gasteiger partial charge is 0.434 e. The van der Waals surface area contributed by atoms with E-state index in [1.165, 1.54) is 25.1 Å². The molecule has 2 aliphatic rings. The molecule has 1 saturated carbocycles. The number of carbonyl (C=O) groups excluding carboxylic acids is 1. The highest BCUT2D eigenvalue weighted by molar-refractivity contribution is 6.03. The van der Waals surface area contributed by atoms with Crippen LogP contribution in [0.4, 0.5) is 13.2 Å². The van der Waals surface area contributed by atoms with Crippen molar-refractivity contribution in [1.29, 1.82) is 0 Å². The quantitative estimate of drug-likeness (QED) is 0.394. The van der Waals surface area contributed by atoms with Gasteiger partial charge in [0.05, 0.1) is 25.9 Å². The highest BCUT2D eigenvalue weighted by Crippen LogP contribution is 2.50. The Morgan fingerprint density at radius 1 is 1.15 bits per heavy atom. The predicted octanol–water partition coefficient (Wildman–Crippen LogP) is 3.99. The van der Waals surface area contributed by atoms with E-state index in [2.05, 4.69) is 20.3 Å². The van der Waals surface area contributed by atoms with Crippen molar-refractivity contribution in [2.45, 2.75) is 38.3 Å². The number of alkyl halides is 3. The molecule has 1 atom stereocenters. The molecule has 3 heterocycles. The van der Waals surface area contributed by atoms with Crippen LogP contribution in [0.2, 0.25) is 0 Å². The van der Waals surface area contributed by atoms with Gasteiger partial charge in [-0.2, -0.15) is 13.2 Å². The molecule has 2 aromatic heterocycles. The van der Waals surface area contributed by atoms with E-state index in [0.717, 1.165) is 24.6 Å². The number of rotatable bonds is 9. The Morgan fingerprint density at radius 2 is 1.85 bits per heavy atom. The summed E-state index contributed by atoms with van der Waals surface area (Å²) in [5, 5.41) is 3.05. The molecule has 1 unspecified atom stereocenters. The molecule has 10 nitrogen and oxygen atoms in total. The Hall–Kier alpha value is -4.26. The number of methoxy groups -OCH3 is 1. The number of aryl methyl sites for hydroxylation is 1. The first-order valence-corrected chi connectivity index (χ1v) is 12.6. The molecule has 1 fully saturated rings. The van der Waals surface area contributed by atoms with E-state index in [1.54, 1.807) is 43.6 Å². The van der Waals surface area contributed by atoms with Crippen LogP contribution in [0.25, 0.3) is 11.4 Å². The van der Waals surface area contributed by atoms with Crippen LogP contribution in [0.1, 0.15) is 36.6 Å². The third kappa shape index (κ3) is 5.28. The number of imidazole rings is 1. The fourth-order valence-corrected chi connectivity index (χ4v) is 4.54. The molecule has 1 N–H and O–H groups in total. The Labute approximate surface area is 227 Å². The topological polar surface area (TPSA) is 113 Å². The van der Waals surface area contributed by atoms with Crippen LogP contribution < -0.4 is 5.32 Å². The van der Waals surface area contributed by atoms with Gasteiger partial charge in [-0.25, -0.2) is 24.7 Å². The molecule has 3 aromatic rings. The van der Waals surface area contributed by atoms with Gasteiger partial charge in [-0.3, -0.25) is 0 Å². The Bertz CT molecular complexity index is 1450. The van der Waals surface area contributed by atoms with Crippen molar-refractivity contribution in [1.82, 2.24) is 24.8 Å². The first-order chi connectivity index (χ1) is 19.2. The minimum atomic E-state index is -4.54. The average molecular weight is 557 g/mol. The lowest BCUT2D eigenvalue weighted by molar-refractivity contribution is -0.144. The zero-order chi connectivity index (χ0) is 28.5. The zero-order valence-corrected chi connectivity index (χ0v) is 22.0. The number of nitrogens with one attached hydrogen (secondary N) is 1. The summed E-state index contributed by atoms with van der Waals surface area (Å²) < 4.78 is 58.1. The van der Waals surface area contributed by atoms with Crippen LogP contribution in [0.5, 0.6) is 0 Å². The molecular formula is C27H27F3N6O4. The number of hydrogen-bond acceptors (Lipinski definition) is 9. The molecule has 0 saturated heterocycles. The maximum Gasteiger partial charge on any atom is 0.434 e. The van der Waals surface area contributed by atoms with E-state index in [1.807, 2.05) is 0 Å². The molecular weight excluding hydrogens is 529 g/mol. The van der Waals surface area contributed by atoms with E-state index in [-0.39, 0.29) is 36.4 Å². The Balaban J connectivity index is 1.47. The van der Waals surface area contributed by atoms with Gasteiger partial charge >= 0.3 is 12.1 Å². The molecule has 1 aromatic carbocycles. The van der Waals surface area contributed by atoms with Crippen molar-refractivity contribution in [2.24, 2.45) is 18.0 Å². The number of aromatic nitrogens is 4. The second-order valence-electron chi connectivity index (χ2n) is 9.36. The van der Waals surface area contributed by atoms with Crippen molar-refractivity contribution in [2.75, 3.05) is 13.7 Å². The Morgan fingerprint density at radius 3 is 2.42 bits per heavy atom. The molecule has 1 aliphatic heterocycles. The van der Waals surface area contributed by atoms with Crippen LogP contribution in [0.3, 0.4) is 0 Å². The van der Waals surface area contributed by atoms with Crippen molar-refractivity contribution < 1.29 is 32.2 Å². The molecule has 0 bridgehead atoms. The van der Waals surface area contributed by atoms with Crippen molar-refractivity contribution >= 4 is 11.8 Å². The van der Waals surface area contributed by atoms with Gasteiger partial charge in [-0.15, -0.1) is 0 Å². The van der Waals surface area contributed by atoms with Crippen LogP contribution >= 0.6 is 0 Å². The summed E-state index contributed by atoms with van der Waals surface area (Å²) in [4.78, 5) is 30.0. The Kier molecular flexibility index (Phi) is 7.32. The first kappa shape index (κ1) is 27.3. The van der Waals surface area contributed by atoms with Gasteiger partial charge in [0.1, 0.15) is 18.0 Å². The second kappa shape index (κ2) is 10.7. The molecule has 0 radical (unpaired) electrons. The molecule has 1 aliphatic carbocycles. The fraction of sp³-hybridized carbons (Fsp3) is 0.370. The zero-order valence-electron chi connectivity index (χ0n) is 22.0.